The van der Waals surface area contributed by atoms with Crippen LogP contribution in [0, 0.1) is 0 Å². The van der Waals surface area contributed by atoms with Crippen molar-refractivity contribution in [1.82, 2.24) is 5.32 Å². The summed E-state index contributed by atoms with van der Waals surface area (Å²) in [7, 11) is 0. The number of hydrogen-bond donors (Lipinski definition) is 2. The minimum Gasteiger partial charge on any atom is -0.376 e. The topological polar surface area (TPSA) is 38.0 Å². The maximum absolute atomic E-state index is 5.85. The predicted octanol–water partition coefficient (Wildman–Crippen LogP) is 2.84. The molecule has 0 bridgehead atoms. The third kappa shape index (κ3) is 4.51. The summed E-state index contributed by atoms with van der Waals surface area (Å²) in [6.07, 6.45) is 3.81. The first-order valence-corrected chi connectivity index (χ1v) is 5.41. The van der Waals surface area contributed by atoms with Gasteiger partial charge in [-0.3, -0.25) is 0 Å². The Balaban J connectivity index is 2.57. The average molecular weight is 261 g/mol. The summed E-state index contributed by atoms with van der Waals surface area (Å²) >= 11 is 16.3. The second-order valence-electron chi connectivity index (χ2n) is 2.82. The molecule has 0 saturated heterocycles. The molecule has 5 heteroatoms. The first-order valence-electron chi connectivity index (χ1n) is 4.24. The molecule has 15 heavy (non-hydrogen) atoms. The fourth-order valence-corrected chi connectivity index (χ4v) is 1.36. The van der Waals surface area contributed by atoms with Gasteiger partial charge < -0.3 is 11.1 Å². The van der Waals surface area contributed by atoms with Crippen molar-refractivity contribution in [2.24, 2.45) is 5.73 Å². The molecule has 0 aliphatic rings. The number of nitrogens with two attached hydrogens (primary N) is 1. The Bertz CT molecular complexity index is 391. The highest BCUT2D eigenvalue weighted by atomic mass is 35.5. The summed E-state index contributed by atoms with van der Waals surface area (Å²) in [5.74, 6) is 0. The lowest BCUT2D eigenvalue weighted by molar-refractivity contribution is 1.05. The molecule has 1 aromatic carbocycles. The van der Waals surface area contributed by atoms with Gasteiger partial charge in [0.05, 0.1) is 10.0 Å². The molecule has 0 aromatic heterocycles. The van der Waals surface area contributed by atoms with E-state index >= 15 is 0 Å². The van der Waals surface area contributed by atoms with Crippen LogP contribution in [0.1, 0.15) is 5.56 Å². The van der Waals surface area contributed by atoms with Gasteiger partial charge in [-0.2, -0.15) is 0 Å². The van der Waals surface area contributed by atoms with Crippen LogP contribution >= 0.6 is 35.4 Å². The van der Waals surface area contributed by atoms with Crippen molar-refractivity contribution in [3.05, 3.63) is 39.9 Å². The summed E-state index contributed by atoms with van der Waals surface area (Å²) in [5.41, 5.74) is 6.24. The number of thiocarbonyl (C=S) groups is 1. The summed E-state index contributed by atoms with van der Waals surface area (Å²) in [5, 5.41) is 4.18. The lowest BCUT2D eigenvalue weighted by Crippen LogP contribution is -2.28. The quantitative estimate of drug-likeness (QED) is 0.822. The van der Waals surface area contributed by atoms with Crippen LogP contribution in [0.2, 0.25) is 10.0 Å². The Hall–Kier alpha value is -0.770. The first kappa shape index (κ1) is 12.3. The van der Waals surface area contributed by atoms with Crippen LogP contribution < -0.4 is 11.1 Å². The van der Waals surface area contributed by atoms with Crippen molar-refractivity contribution < 1.29 is 0 Å². The van der Waals surface area contributed by atoms with Gasteiger partial charge in [0, 0.05) is 6.54 Å². The van der Waals surface area contributed by atoms with Crippen molar-refractivity contribution in [1.29, 1.82) is 0 Å². The molecule has 0 unspecified atom stereocenters. The highest BCUT2D eigenvalue weighted by molar-refractivity contribution is 7.80. The van der Waals surface area contributed by atoms with E-state index in [0.717, 1.165) is 5.56 Å². The van der Waals surface area contributed by atoms with Gasteiger partial charge in [0.2, 0.25) is 0 Å². The van der Waals surface area contributed by atoms with Crippen molar-refractivity contribution in [2.45, 2.75) is 0 Å². The molecule has 0 fully saturated rings. The number of rotatable bonds is 3. The highest BCUT2D eigenvalue weighted by Gasteiger charge is 1.96. The van der Waals surface area contributed by atoms with Gasteiger partial charge in [-0.15, -0.1) is 0 Å². The number of halogens is 2. The molecular formula is C10H10Cl2N2S. The minimum absolute atomic E-state index is 0.286. The molecule has 0 aliphatic heterocycles. The normalized spacial score (nSPS) is 10.5. The van der Waals surface area contributed by atoms with Gasteiger partial charge in [0.1, 0.15) is 0 Å². The summed E-state index contributed by atoms with van der Waals surface area (Å²) in [4.78, 5) is 0. The second kappa shape index (κ2) is 5.95. The van der Waals surface area contributed by atoms with Crippen LogP contribution in [0.15, 0.2) is 24.3 Å². The Morgan fingerprint density at radius 1 is 1.40 bits per heavy atom. The molecule has 0 radical (unpaired) electrons. The standard InChI is InChI=1S/C10H10Cl2N2S/c11-8-4-3-7(6-9(8)12)2-1-5-14-10(13)15/h1-4,6H,5H2,(H3,13,14,15). The first-order chi connectivity index (χ1) is 7.09. The Kier molecular flexibility index (Phi) is 4.88. The van der Waals surface area contributed by atoms with E-state index in [1.807, 2.05) is 18.2 Å². The van der Waals surface area contributed by atoms with Crippen LogP contribution in [0.25, 0.3) is 6.08 Å². The molecule has 1 aromatic rings. The molecule has 0 saturated carbocycles. The maximum Gasteiger partial charge on any atom is 0.163 e. The van der Waals surface area contributed by atoms with Gasteiger partial charge in [-0.1, -0.05) is 41.4 Å². The van der Waals surface area contributed by atoms with E-state index in [1.165, 1.54) is 0 Å². The van der Waals surface area contributed by atoms with Crippen LogP contribution in [-0.2, 0) is 0 Å². The third-order valence-electron chi connectivity index (χ3n) is 1.65. The summed E-state index contributed by atoms with van der Waals surface area (Å²) in [6.45, 7) is 0.593. The number of hydrogen-bond acceptors (Lipinski definition) is 1. The molecule has 0 amide bonds. The Morgan fingerprint density at radius 2 is 2.13 bits per heavy atom. The van der Waals surface area contributed by atoms with Crippen LogP contribution in [0.4, 0.5) is 0 Å². The van der Waals surface area contributed by atoms with Crippen molar-refractivity contribution in [2.75, 3.05) is 6.54 Å². The van der Waals surface area contributed by atoms with Gasteiger partial charge in [0.15, 0.2) is 5.11 Å². The van der Waals surface area contributed by atoms with E-state index in [0.29, 0.717) is 16.6 Å². The zero-order chi connectivity index (χ0) is 11.3. The molecule has 0 spiro atoms. The summed E-state index contributed by atoms with van der Waals surface area (Å²) in [6, 6.07) is 5.43. The zero-order valence-corrected chi connectivity index (χ0v) is 10.2. The maximum atomic E-state index is 5.85. The van der Waals surface area contributed by atoms with E-state index in [1.54, 1.807) is 12.1 Å². The molecule has 0 aliphatic carbocycles. The lowest BCUT2D eigenvalue weighted by atomic mass is 10.2. The monoisotopic (exact) mass is 260 g/mol. The van der Waals surface area contributed by atoms with Crippen molar-refractivity contribution in [3.63, 3.8) is 0 Å². The van der Waals surface area contributed by atoms with Gasteiger partial charge >= 0.3 is 0 Å². The van der Waals surface area contributed by atoms with E-state index in [2.05, 4.69) is 17.5 Å². The highest BCUT2D eigenvalue weighted by Crippen LogP contribution is 2.22. The van der Waals surface area contributed by atoms with Crippen LogP contribution in [0.3, 0.4) is 0 Å². The second-order valence-corrected chi connectivity index (χ2v) is 4.08. The molecule has 3 N–H and O–H groups in total. The third-order valence-corrected chi connectivity index (χ3v) is 2.53. The zero-order valence-electron chi connectivity index (χ0n) is 7.84. The largest absolute Gasteiger partial charge is 0.376 e. The van der Waals surface area contributed by atoms with E-state index < -0.39 is 0 Å². The molecular weight excluding hydrogens is 251 g/mol. The van der Waals surface area contributed by atoms with E-state index in [9.17, 15) is 0 Å². The fraction of sp³-hybridized carbons (Fsp3) is 0.100. The smallest absolute Gasteiger partial charge is 0.163 e. The Morgan fingerprint density at radius 3 is 2.73 bits per heavy atom. The average Bonchev–Trinajstić information content (AvgIpc) is 2.18. The molecule has 0 atom stereocenters. The number of nitrogens with one attached hydrogen (secondary N) is 1. The fourth-order valence-electron chi connectivity index (χ4n) is 0.971. The molecule has 2 nitrogen and oxygen atoms in total. The van der Waals surface area contributed by atoms with Crippen LogP contribution in [-0.4, -0.2) is 11.7 Å². The van der Waals surface area contributed by atoms with Gasteiger partial charge in [-0.25, -0.2) is 0 Å². The summed E-state index contributed by atoms with van der Waals surface area (Å²) < 4.78 is 0. The Labute approximate surface area is 104 Å². The van der Waals surface area contributed by atoms with Crippen molar-refractivity contribution in [3.8, 4) is 0 Å². The molecule has 0 heterocycles. The van der Waals surface area contributed by atoms with Crippen LogP contribution in [0.5, 0.6) is 0 Å². The van der Waals surface area contributed by atoms with Gasteiger partial charge in [0.25, 0.3) is 0 Å². The van der Waals surface area contributed by atoms with Gasteiger partial charge in [-0.05, 0) is 29.9 Å². The van der Waals surface area contributed by atoms with E-state index in [-0.39, 0.29) is 5.11 Å². The lowest BCUT2D eigenvalue weighted by Gasteiger charge is -1.99. The predicted molar refractivity (Wildman–Crippen MR) is 70.3 cm³/mol. The number of benzene rings is 1. The molecule has 1 rings (SSSR count). The SMILES string of the molecule is NC(=S)NCC=Cc1ccc(Cl)c(Cl)c1. The minimum atomic E-state index is 0.286. The van der Waals surface area contributed by atoms with E-state index in [4.69, 9.17) is 28.9 Å². The molecule has 80 valence electrons. The van der Waals surface area contributed by atoms with Crippen molar-refractivity contribution >= 4 is 46.6 Å².